The van der Waals surface area contributed by atoms with Crippen molar-refractivity contribution in [2.24, 2.45) is 10.9 Å². The van der Waals surface area contributed by atoms with Crippen LogP contribution in [0.5, 0.6) is 0 Å². The average molecular weight is 353 g/mol. The van der Waals surface area contributed by atoms with E-state index in [4.69, 9.17) is 12.2 Å². The molecule has 1 spiro atoms. The van der Waals surface area contributed by atoms with Gasteiger partial charge in [-0.3, -0.25) is 4.79 Å². The first kappa shape index (κ1) is 15.6. The third-order valence-electron chi connectivity index (χ3n) is 5.02. The van der Waals surface area contributed by atoms with Crippen LogP contribution in [0.25, 0.3) is 0 Å². The molecule has 1 aliphatic carbocycles. The number of amides is 1. The monoisotopic (exact) mass is 353 g/mol. The van der Waals surface area contributed by atoms with Crippen molar-refractivity contribution < 1.29 is 18.0 Å². The minimum absolute atomic E-state index is 0.0517. The summed E-state index contributed by atoms with van der Waals surface area (Å²) in [5, 5.41) is 5.52. The summed E-state index contributed by atoms with van der Waals surface area (Å²) in [7, 11) is 0. The van der Waals surface area contributed by atoms with Crippen molar-refractivity contribution in [3.63, 3.8) is 0 Å². The Morgan fingerprint density at radius 1 is 1.29 bits per heavy atom. The molecule has 126 valence electrons. The number of hydrogen-bond acceptors (Lipinski definition) is 2. The normalized spacial score (nSPS) is 28.8. The summed E-state index contributed by atoms with van der Waals surface area (Å²) < 4.78 is 40.8. The van der Waals surface area contributed by atoms with Crippen molar-refractivity contribution in [3.8, 4) is 0 Å². The molecule has 1 fully saturated rings. The van der Waals surface area contributed by atoms with Gasteiger partial charge in [0, 0.05) is 22.9 Å². The molecule has 1 saturated carbocycles. The van der Waals surface area contributed by atoms with E-state index in [2.05, 4.69) is 15.6 Å². The summed E-state index contributed by atoms with van der Waals surface area (Å²) >= 11 is 5.14. The van der Waals surface area contributed by atoms with Crippen LogP contribution in [0.1, 0.15) is 36.8 Å². The minimum atomic E-state index is -4.56. The fraction of sp³-hybridized carbons (Fsp3) is 0.438. The van der Waals surface area contributed by atoms with Crippen LogP contribution in [-0.2, 0) is 16.5 Å². The zero-order chi connectivity index (χ0) is 17.1. The van der Waals surface area contributed by atoms with Crippen LogP contribution in [0.4, 0.5) is 18.9 Å². The molecule has 0 bridgehead atoms. The third-order valence-corrected chi connectivity index (χ3v) is 5.21. The van der Waals surface area contributed by atoms with E-state index in [9.17, 15) is 18.0 Å². The zero-order valence-electron chi connectivity index (χ0n) is 12.5. The van der Waals surface area contributed by atoms with Gasteiger partial charge in [0.1, 0.15) is 0 Å². The van der Waals surface area contributed by atoms with Gasteiger partial charge in [-0.2, -0.15) is 13.2 Å². The van der Waals surface area contributed by atoms with E-state index in [-0.39, 0.29) is 16.4 Å². The minimum Gasteiger partial charge on any atom is -0.342 e. The van der Waals surface area contributed by atoms with Crippen molar-refractivity contribution in [1.29, 1.82) is 0 Å². The molecule has 1 amide bonds. The second kappa shape index (κ2) is 5.02. The van der Waals surface area contributed by atoms with Gasteiger partial charge in [-0.25, -0.2) is 4.99 Å². The van der Waals surface area contributed by atoms with Crippen LogP contribution in [0, 0.1) is 5.92 Å². The zero-order valence-corrected chi connectivity index (χ0v) is 13.4. The van der Waals surface area contributed by atoms with E-state index in [1.165, 1.54) is 12.1 Å². The van der Waals surface area contributed by atoms with Crippen molar-refractivity contribution in [3.05, 3.63) is 29.3 Å². The Kier molecular flexibility index (Phi) is 3.25. The number of carbonyl (C=O) groups excluding carboxylic acids is 1. The molecule has 4 rings (SSSR count). The van der Waals surface area contributed by atoms with Crippen molar-refractivity contribution in [2.45, 2.75) is 37.4 Å². The van der Waals surface area contributed by atoms with Crippen LogP contribution in [-0.4, -0.2) is 16.7 Å². The van der Waals surface area contributed by atoms with Gasteiger partial charge >= 0.3 is 6.18 Å². The van der Waals surface area contributed by atoms with Crippen LogP contribution in [0.15, 0.2) is 23.2 Å². The highest BCUT2D eigenvalue weighted by Crippen LogP contribution is 2.51. The summed E-state index contributed by atoms with van der Waals surface area (Å²) in [4.78, 5) is 17.1. The summed E-state index contributed by atoms with van der Waals surface area (Å²) in [5.74, 6) is -0.904. The molecular weight excluding hydrogens is 339 g/mol. The Morgan fingerprint density at radius 2 is 2.08 bits per heavy atom. The lowest BCUT2D eigenvalue weighted by atomic mass is 9.68. The lowest BCUT2D eigenvalue weighted by molar-refractivity contribution is -0.139. The molecule has 8 heteroatoms. The highest BCUT2D eigenvalue weighted by molar-refractivity contribution is 7.80. The topological polar surface area (TPSA) is 53.5 Å². The molecule has 4 nitrogen and oxygen atoms in total. The quantitative estimate of drug-likeness (QED) is 0.703. The first-order valence-electron chi connectivity index (χ1n) is 7.76. The molecule has 1 aromatic rings. The van der Waals surface area contributed by atoms with Gasteiger partial charge in [-0.05, 0) is 43.6 Å². The first-order chi connectivity index (χ1) is 11.3. The van der Waals surface area contributed by atoms with Crippen LogP contribution < -0.4 is 10.6 Å². The number of anilines is 1. The van der Waals surface area contributed by atoms with Gasteiger partial charge in [0.25, 0.3) is 5.91 Å². The molecule has 2 N–H and O–H groups in total. The number of fused-ring (bicyclic) bond motifs is 4. The van der Waals surface area contributed by atoms with Gasteiger partial charge in [-0.1, -0.05) is 12.5 Å². The van der Waals surface area contributed by atoms with Gasteiger partial charge < -0.3 is 10.6 Å². The molecule has 1 aromatic carbocycles. The molecule has 3 aliphatic rings. The highest BCUT2D eigenvalue weighted by Gasteiger charge is 2.59. The first-order valence-corrected chi connectivity index (χ1v) is 8.16. The number of rotatable bonds is 0. The summed E-state index contributed by atoms with van der Waals surface area (Å²) in [6, 6.07) is 3.81. The number of aliphatic imine (C=N–C) groups is 1. The number of nitrogens with zero attached hydrogens (tertiary/aromatic N) is 1. The number of benzene rings is 1. The predicted molar refractivity (Wildman–Crippen MR) is 86.9 cm³/mol. The van der Waals surface area contributed by atoms with E-state index < -0.39 is 29.1 Å². The van der Waals surface area contributed by atoms with Crippen molar-refractivity contribution in [2.75, 3.05) is 5.32 Å². The number of nitrogens with one attached hydrogen (secondary N) is 2. The van der Waals surface area contributed by atoms with E-state index in [1.807, 2.05) is 0 Å². The van der Waals surface area contributed by atoms with E-state index in [1.54, 1.807) is 0 Å². The Morgan fingerprint density at radius 3 is 2.83 bits per heavy atom. The fourth-order valence-corrected chi connectivity index (χ4v) is 4.39. The summed E-state index contributed by atoms with van der Waals surface area (Å²) in [6.45, 7) is 0. The second-order valence-electron chi connectivity index (χ2n) is 6.32. The number of thiocarbonyl (C=S) groups is 1. The molecule has 0 saturated heterocycles. The Balaban J connectivity index is 1.99. The van der Waals surface area contributed by atoms with Crippen LogP contribution in [0.2, 0.25) is 0 Å². The summed E-state index contributed by atoms with van der Waals surface area (Å²) in [5.41, 5.74) is -1.46. The number of halogens is 3. The van der Waals surface area contributed by atoms with Crippen LogP contribution in [0.3, 0.4) is 0 Å². The molecule has 24 heavy (non-hydrogen) atoms. The van der Waals surface area contributed by atoms with Crippen molar-refractivity contribution in [1.82, 2.24) is 5.32 Å². The van der Waals surface area contributed by atoms with Gasteiger partial charge in [-0.15, -0.1) is 0 Å². The Bertz CT molecular complexity index is 789. The van der Waals surface area contributed by atoms with E-state index in [0.717, 1.165) is 24.6 Å². The smallest absolute Gasteiger partial charge is 0.342 e. The van der Waals surface area contributed by atoms with Gasteiger partial charge in [0.15, 0.2) is 10.7 Å². The summed E-state index contributed by atoms with van der Waals surface area (Å²) in [6.07, 6.45) is -1.55. The molecule has 0 radical (unpaired) electrons. The average Bonchev–Trinajstić information content (AvgIpc) is 2.79. The van der Waals surface area contributed by atoms with Gasteiger partial charge in [0.2, 0.25) is 0 Å². The predicted octanol–water partition coefficient (Wildman–Crippen LogP) is 3.37. The molecule has 2 aliphatic heterocycles. The number of hydrogen-bond donors (Lipinski definition) is 2. The third kappa shape index (κ3) is 2.02. The van der Waals surface area contributed by atoms with Gasteiger partial charge in [0.05, 0.1) is 5.56 Å². The molecule has 0 aromatic heterocycles. The van der Waals surface area contributed by atoms with E-state index in [0.29, 0.717) is 12.8 Å². The number of carbonyl (C=O) groups is 1. The fourth-order valence-electron chi connectivity index (χ4n) is 4.11. The standard InChI is InChI=1S/C16H14F3N3OS/c17-16(18,19)9-5-3-7-11-12(9)15(13(23)20-11)8-4-1-2-6-10(8)21-14(24)22-15/h3,5,7-8H,1-2,4,6H2,(H,20,23)(H,22,24). The molecule has 2 atom stereocenters. The Hall–Kier alpha value is -1.96. The van der Waals surface area contributed by atoms with Crippen molar-refractivity contribution >= 4 is 34.6 Å². The SMILES string of the molecule is O=C1Nc2cccc(C(F)(F)F)c2C12NC(=S)N=C1CCCCC12. The lowest BCUT2D eigenvalue weighted by Crippen LogP contribution is -2.61. The molecule has 2 unspecified atom stereocenters. The molecular formula is C16H14F3N3OS. The largest absolute Gasteiger partial charge is 0.416 e. The maximum Gasteiger partial charge on any atom is 0.416 e. The van der Waals surface area contributed by atoms with E-state index >= 15 is 0 Å². The maximum absolute atomic E-state index is 13.6. The second-order valence-corrected chi connectivity index (χ2v) is 6.71. The van der Waals surface area contributed by atoms with Crippen LogP contribution >= 0.6 is 12.2 Å². The Labute approximate surface area is 141 Å². The maximum atomic E-state index is 13.6. The number of alkyl halides is 3. The highest BCUT2D eigenvalue weighted by atomic mass is 32.1. The lowest BCUT2D eigenvalue weighted by Gasteiger charge is -2.43. The molecule has 2 heterocycles.